The lowest BCUT2D eigenvalue weighted by Crippen LogP contribution is -2.46. The van der Waals surface area contributed by atoms with Gasteiger partial charge in [0.2, 0.25) is 5.88 Å². The highest BCUT2D eigenvalue weighted by molar-refractivity contribution is 5.94. The zero-order valence-corrected chi connectivity index (χ0v) is 22.4. The van der Waals surface area contributed by atoms with Crippen molar-refractivity contribution in [2.75, 3.05) is 61.9 Å². The Kier molecular flexibility index (Phi) is 8.38. The molecule has 0 atom stereocenters. The number of nitrogens with two attached hydrogens (primary N) is 1. The Balaban J connectivity index is 1.17. The number of rotatable bonds is 8. The van der Waals surface area contributed by atoms with Crippen LogP contribution in [0.25, 0.3) is 10.8 Å². The van der Waals surface area contributed by atoms with E-state index in [1.807, 2.05) is 20.8 Å². The summed E-state index contributed by atoms with van der Waals surface area (Å²) in [5, 5.41) is 2.62. The Morgan fingerprint density at radius 1 is 1.00 bits per heavy atom. The number of anilines is 3. The molecule has 1 saturated heterocycles. The normalized spacial score (nSPS) is 14.5. The standard InChI is InChI=1S/C29H39N5O3/c1-29(2,3)37-28(35)32(4)25-14-15-26(31-27(25)30)36-21-8-7-16-33-17-19-34(20-18-33)24-13-9-11-22-10-5-6-12-23(22)24/h5-6,9-15H,7-8,16-21H2,1-4H3,(H2,30,31). The van der Waals surface area contributed by atoms with E-state index in [4.69, 9.17) is 15.2 Å². The maximum atomic E-state index is 12.3. The molecule has 0 bridgehead atoms. The van der Waals surface area contributed by atoms with E-state index in [1.54, 1.807) is 19.2 Å². The Morgan fingerprint density at radius 2 is 1.73 bits per heavy atom. The van der Waals surface area contributed by atoms with Gasteiger partial charge in [0.15, 0.2) is 5.82 Å². The molecule has 0 unspecified atom stereocenters. The Bertz CT molecular complexity index is 1200. The van der Waals surface area contributed by atoms with Crippen molar-refractivity contribution in [2.45, 2.75) is 39.2 Å². The van der Waals surface area contributed by atoms with Crippen molar-refractivity contribution >= 4 is 34.1 Å². The number of carbonyl (C=O) groups is 1. The third-order valence-electron chi connectivity index (χ3n) is 6.50. The minimum Gasteiger partial charge on any atom is -0.478 e. The molecule has 1 aliphatic heterocycles. The molecule has 37 heavy (non-hydrogen) atoms. The Labute approximate surface area is 220 Å². The first-order chi connectivity index (χ1) is 17.7. The van der Waals surface area contributed by atoms with Crippen LogP contribution in [-0.4, -0.2) is 68.0 Å². The zero-order valence-electron chi connectivity index (χ0n) is 22.4. The maximum absolute atomic E-state index is 12.3. The van der Waals surface area contributed by atoms with Crippen molar-refractivity contribution in [1.29, 1.82) is 0 Å². The summed E-state index contributed by atoms with van der Waals surface area (Å²) in [6.07, 6.45) is 1.51. The van der Waals surface area contributed by atoms with Gasteiger partial charge < -0.3 is 20.1 Å². The molecule has 1 aliphatic rings. The van der Waals surface area contributed by atoms with E-state index in [0.717, 1.165) is 45.6 Å². The van der Waals surface area contributed by atoms with Crippen LogP contribution in [0.1, 0.15) is 33.6 Å². The number of fused-ring (bicyclic) bond motifs is 1. The zero-order chi connectivity index (χ0) is 26.4. The number of ether oxygens (including phenoxy) is 2. The van der Waals surface area contributed by atoms with Gasteiger partial charge in [-0.15, -0.1) is 0 Å². The molecule has 0 saturated carbocycles. The van der Waals surface area contributed by atoms with Gasteiger partial charge in [-0.2, -0.15) is 4.98 Å². The van der Waals surface area contributed by atoms with Crippen LogP contribution < -0.4 is 20.3 Å². The number of benzene rings is 2. The summed E-state index contributed by atoms with van der Waals surface area (Å²) in [5.74, 6) is 0.692. The lowest BCUT2D eigenvalue weighted by Gasteiger charge is -2.36. The Hall–Kier alpha value is -3.52. The molecule has 1 amide bonds. The molecule has 1 aromatic heterocycles. The van der Waals surface area contributed by atoms with Crippen LogP contribution in [0.2, 0.25) is 0 Å². The largest absolute Gasteiger partial charge is 0.478 e. The summed E-state index contributed by atoms with van der Waals surface area (Å²) >= 11 is 0. The van der Waals surface area contributed by atoms with Crippen LogP contribution in [0.5, 0.6) is 5.88 Å². The molecule has 0 radical (unpaired) electrons. The first-order valence-corrected chi connectivity index (χ1v) is 13.0. The van der Waals surface area contributed by atoms with Crippen LogP contribution >= 0.6 is 0 Å². The molecule has 2 aromatic carbocycles. The van der Waals surface area contributed by atoms with E-state index >= 15 is 0 Å². The molecule has 0 spiro atoms. The number of nitrogens with zero attached hydrogens (tertiary/aromatic N) is 4. The van der Waals surface area contributed by atoms with Crippen molar-refractivity contribution < 1.29 is 14.3 Å². The second-order valence-electron chi connectivity index (χ2n) is 10.5. The highest BCUT2D eigenvalue weighted by Crippen LogP contribution is 2.28. The number of pyridine rings is 1. The maximum Gasteiger partial charge on any atom is 0.414 e. The number of aromatic nitrogens is 1. The average molecular weight is 506 g/mol. The predicted octanol–water partition coefficient (Wildman–Crippen LogP) is 5.17. The van der Waals surface area contributed by atoms with Gasteiger partial charge >= 0.3 is 6.09 Å². The van der Waals surface area contributed by atoms with Gasteiger partial charge in [-0.1, -0.05) is 36.4 Å². The van der Waals surface area contributed by atoms with E-state index in [0.29, 0.717) is 18.2 Å². The number of piperazine rings is 1. The number of nitrogen functional groups attached to an aromatic ring is 1. The first kappa shape index (κ1) is 26.5. The van der Waals surface area contributed by atoms with Crippen LogP contribution in [-0.2, 0) is 4.74 Å². The number of hydrogen-bond donors (Lipinski definition) is 1. The Morgan fingerprint density at radius 3 is 2.46 bits per heavy atom. The lowest BCUT2D eigenvalue weighted by atomic mass is 10.1. The molecule has 198 valence electrons. The van der Waals surface area contributed by atoms with Gasteiger partial charge in [-0.05, 0) is 57.7 Å². The van der Waals surface area contributed by atoms with Gasteiger partial charge in [-0.3, -0.25) is 9.80 Å². The lowest BCUT2D eigenvalue weighted by molar-refractivity contribution is 0.0589. The summed E-state index contributed by atoms with van der Waals surface area (Å²) < 4.78 is 11.2. The van der Waals surface area contributed by atoms with Crippen molar-refractivity contribution in [3.8, 4) is 5.88 Å². The fourth-order valence-corrected chi connectivity index (χ4v) is 4.55. The molecule has 8 heteroatoms. The average Bonchev–Trinajstić information content (AvgIpc) is 2.87. The van der Waals surface area contributed by atoms with Gasteiger partial charge in [0.05, 0.1) is 12.3 Å². The fourth-order valence-electron chi connectivity index (χ4n) is 4.55. The molecule has 2 heterocycles. The van der Waals surface area contributed by atoms with Crippen LogP contribution in [0.3, 0.4) is 0 Å². The SMILES string of the molecule is CN(C(=O)OC(C)(C)C)c1ccc(OCCCCN2CCN(c3cccc4ccccc34)CC2)nc1N. The van der Waals surface area contributed by atoms with E-state index in [9.17, 15) is 4.79 Å². The van der Waals surface area contributed by atoms with Crippen LogP contribution in [0.4, 0.5) is 22.0 Å². The van der Waals surface area contributed by atoms with E-state index in [1.165, 1.54) is 21.4 Å². The van der Waals surface area contributed by atoms with Crippen molar-refractivity contribution in [3.05, 3.63) is 54.6 Å². The van der Waals surface area contributed by atoms with E-state index in [2.05, 4.69) is 57.2 Å². The number of carbonyl (C=O) groups excluding carboxylic acids is 1. The van der Waals surface area contributed by atoms with Gasteiger partial charge in [0.25, 0.3) is 0 Å². The van der Waals surface area contributed by atoms with Crippen molar-refractivity contribution in [3.63, 3.8) is 0 Å². The summed E-state index contributed by atoms with van der Waals surface area (Å²) in [6.45, 7) is 11.3. The van der Waals surface area contributed by atoms with Crippen LogP contribution in [0.15, 0.2) is 54.6 Å². The summed E-state index contributed by atoms with van der Waals surface area (Å²) in [4.78, 5) is 23.0. The van der Waals surface area contributed by atoms with Crippen molar-refractivity contribution in [1.82, 2.24) is 9.88 Å². The van der Waals surface area contributed by atoms with Crippen LogP contribution in [0, 0.1) is 0 Å². The second kappa shape index (κ2) is 11.7. The topological polar surface area (TPSA) is 84.2 Å². The molecule has 0 aliphatic carbocycles. The monoisotopic (exact) mass is 505 g/mol. The minimum atomic E-state index is -0.582. The number of amides is 1. The predicted molar refractivity (Wildman–Crippen MR) is 151 cm³/mol. The summed E-state index contributed by atoms with van der Waals surface area (Å²) in [6, 6.07) is 18.6. The van der Waals surface area contributed by atoms with Crippen molar-refractivity contribution in [2.24, 2.45) is 0 Å². The van der Waals surface area contributed by atoms with E-state index in [-0.39, 0.29) is 5.82 Å². The molecular formula is C29H39N5O3. The van der Waals surface area contributed by atoms with Gasteiger partial charge in [-0.25, -0.2) is 4.79 Å². The highest BCUT2D eigenvalue weighted by atomic mass is 16.6. The second-order valence-corrected chi connectivity index (χ2v) is 10.5. The minimum absolute atomic E-state index is 0.231. The molecule has 3 aromatic rings. The molecule has 4 rings (SSSR count). The third-order valence-corrected chi connectivity index (χ3v) is 6.50. The number of hydrogen-bond acceptors (Lipinski definition) is 7. The molecular weight excluding hydrogens is 466 g/mol. The molecule has 8 nitrogen and oxygen atoms in total. The van der Waals surface area contributed by atoms with Gasteiger partial charge in [0, 0.05) is 50.4 Å². The van der Waals surface area contributed by atoms with Gasteiger partial charge in [0.1, 0.15) is 5.60 Å². The third kappa shape index (κ3) is 7.04. The highest BCUT2D eigenvalue weighted by Gasteiger charge is 2.22. The molecule has 1 fully saturated rings. The smallest absolute Gasteiger partial charge is 0.414 e. The summed E-state index contributed by atoms with van der Waals surface area (Å²) in [7, 11) is 1.61. The quantitative estimate of drug-likeness (QED) is 0.423. The fraction of sp³-hybridized carbons (Fsp3) is 0.448. The number of unbranched alkanes of at least 4 members (excludes halogenated alkanes) is 1. The summed E-state index contributed by atoms with van der Waals surface area (Å²) in [5.41, 5.74) is 7.33. The first-order valence-electron chi connectivity index (χ1n) is 13.0. The van der Waals surface area contributed by atoms with E-state index < -0.39 is 11.7 Å². The molecule has 2 N–H and O–H groups in total.